The van der Waals surface area contributed by atoms with E-state index in [4.69, 9.17) is 21.1 Å². The summed E-state index contributed by atoms with van der Waals surface area (Å²) in [5.74, 6) is 0.398. The quantitative estimate of drug-likeness (QED) is 0.339. The topological polar surface area (TPSA) is 79.2 Å². The highest BCUT2D eigenvalue weighted by molar-refractivity contribution is 6.31. The molecule has 0 spiro atoms. The summed E-state index contributed by atoms with van der Waals surface area (Å²) < 4.78 is 11.2. The number of ether oxygens (including phenoxy) is 2. The lowest BCUT2D eigenvalue weighted by Crippen LogP contribution is -2.38. The van der Waals surface area contributed by atoms with Crippen LogP contribution in [-0.4, -0.2) is 48.3 Å². The molecule has 6 nitrogen and oxygen atoms in total. The number of unbranched alkanes of at least 4 members (excludes halogenated alkanes) is 1. The minimum atomic E-state index is -0.398. The number of hydrogen-bond acceptors (Lipinski definition) is 5. The van der Waals surface area contributed by atoms with Crippen molar-refractivity contribution in [1.29, 1.82) is 0 Å². The van der Waals surface area contributed by atoms with Crippen LogP contribution in [0.25, 0.3) is 11.1 Å². The summed E-state index contributed by atoms with van der Waals surface area (Å²) in [6.45, 7) is 3.07. The molecule has 4 rings (SSSR count). The summed E-state index contributed by atoms with van der Waals surface area (Å²) in [7, 11) is 3.10. The van der Waals surface area contributed by atoms with E-state index in [1.54, 1.807) is 43.4 Å². The molecule has 2 N–H and O–H groups in total. The number of aryl methyl sites for hydroxylation is 1. The number of likely N-dealkylation sites (tertiary alicyclic amines) is 1. The summed E-state index contributed by atoms with van der Waals surface area (Å²) in [6.07, 6.45) is 3.90. The standard InChI is InChI=1S/C30H34ClNO5/c1-4-5-9-20-18-23(33)27(29(34)26(20)28-24(36-2)12-8-13-25(28)37-3)30(35)32-16-14-19(15-17-32)21-10-6-7-11-22(21)31/h6-8,10-13,18-19,33-34H,4-5,9,14-17H2,1-3H3. The molecule has 37 heavy (non-hydrogen) atoms. The number of amides is 1. The van der Waals surface area contributed by atoms with Gasteiger partial charge in [-0.15, -0.1) is 0 Å². The summed E-state index contributed by atoms with van der Waals surface area (Å²) in [5, 5.41) is 23.3. The van der Waals surface area contributed by atoms with E-state index < -0.39 is 5.91 Å². The molecule has 0 radical (unpaired) electrons. The second-order valence-electron chi connectivity index (χ2n) is 9.38. The molecule has 1 amide bonds. The highest BCUT2D eigenvalue weighted by Crippen LogP contribution is 2.48. The first-order valence-corrected chi connectivity index (χ1v) is 13.1. The number of methoxy groups -OCH3 is 2. The van der Waals surface area contributed by atoms with Crippen molar-refractivity contribution in [2.24, 2.45) is 0 Å². The van der Waals surface area contributed by atoms with Crippen LogP contribution in [0.3, 0.4) is 0 Å². The summed E-state index contributed by atoms with van der Waals surface area (Å²) in [5.41, 5.74) is 2.73. The molecule has 1 aliphatic heterocycles. The maximum absolute atomic E-state index is 13.7. The van der Waals surface area contributed by atoms with Crippen LogP contribution in [0, 0.1) is 0 Å². The van der Waals surface area contributed by atoms with Gasteiger partial charge in [0.25, 0.3) is 5.91 Å². The van der Waals surface area contributed by atoms with E-state index >= 15 is 0 Å². The molecule has 0 bridgehead atoms. The Morgan fingerprint density at radius 1 is 1.00 bits per heavy atom. The molecule has 3 aromatic rings. The minimum Gasteiger partial charge on any atom is -0.507 e. The molecule has 3 aromatic carbocycles. The van der Waals surface area contributed by atoms with Gasteiger partial charge in [-0.1, -0.05) is 49.2 Å². The van der Waals surface area contributed by atoms with Gasteiger partial charge < -0.3 is 24.6 Å². The van der Waals surface area contributed by atoms with Crippen molar-refractivity contribution in [3.8, 4) is 34.1 Å². The monoisotopic (exact) mass is 523 g/mol. The van der Waals surface area contributed by atoms with E-state index in [0.29, 0.717) is 42.1 Å². The van der Waals surface area contributed by atoms with Gasteiger partial charge in [0, 0.05) is 23.7 Å². The van der Waals surface area contributed by atoms with Gasteiger partial charge in [-0.3, -0.25) is 4.79 Å². The largest absolute Gasteiger partial charge is 0.507 e. The number of hydrogen-bond donors (Lipinski definition) is 2. The Morgan fingerprint density at radius 3 is 2.24 bits per heavy atom. The van der Waals surface area contributed by atoms with Crippen molar-refractivity contribution in [1.82, 2.24) is 4.90 Å². The first-order chi connectivity index (χ1) is 17.9. The van der Waals surface area contributed by atoms with Gasteiger partial charge in [0.1, 0.15) is 28.6 Å². The first-order valence-electron chi connectivity index (χ1n) is 12.7. The second-order valence-corrected chi connectivity index (χ2v) is 9.79. The molecule has 7 heteroatoms. The van der Waals surface area contributed by atoms with Gasteiger partial charge in [0.05, 0.1) is 19.8 Å². The Kier molecular flexibility index (Phi) is 8.49. The number of carbonyl (C=O) groups is 1. The maximum atomic E-state index is 13.7. The van der Waals surface area contributed by atoms with Crippen LogP contribution in [-0.2, 0) is 6.42 Å². The zero-order valence-corrected chi connectivity index (χ0v) is 22.3. The Bertz CT molecular complexity index is 1240. The summed E-state index contributed by atoms with van der Waals surface area (Å²) in [6, 6.07) is 14.8. The SMILES string of the molecule is CCCCc1cc(O)c(C(=O)N2CCC(c3ccccc3Cl)CC2)c(O)c1-c1c(OC)cccc1OC. The van der Waals surface area contributed by atoms with Crippen LogP contribution in [0.4, 0.5) is 0 Å². The zero-order valence-electron chi connectivity index (χ0n) is 21.6. The van der Waals surface area contributed by atoms with Crippen LogP contribution < -0.4 is 9.47 Å². The van der Waals surface area contributed by atoms with Crippen LogP contribution in [0.15, 0.2) is 48.5 Å². The summed E-state index contributed by atoms with van der Waals surface area (Å²) in [4.78, 5) is 15.4. The predicted molar refractivity (Wildman–Crippen MR) is 146 cm³/mol. The molecule has 0 saturated carbocycles. The van der Waals surface area contributed by atoms with E-state index in [2.05, 4.69) is 6.92 Å². The molecule has 0 unspecified atom stereocenters. The van der Waals surface area contributed by atoms with Crippen molar-refractivity contribution < 1.29 is 24.5 Å². The van der Waals surface area contributed by atoms with Gasteiger partial charge in [0.2, 0.25) is 0 Å². The fourth-order valence-electron chi connectivity index (χ4n) is 5.22. The number of phenols is 2. The zero-order chi connectivity index (χ0) is 26.5. The molecule has 196 valence electrons. The molecule has 0 atom stereocenters. The average Bonchev–Trinajstić information content (AvgIpc) is 2.91. The van der Waals surface area contributed by atoms with Gasteiger partial charge in [-0.2, -0.15) is 0 Å². The van der Waals surface area contributed by atoms with E-state index in [1.807, 2.05) is 24.3 Å². The third-order valence-electron chi connectivity index (χ3n) is 7.18. The number of phenolic OH excluding ortho intramolecular Hbond substituents is 2. The van der Waals surface area contributed by atoms with Crippen molar-refractivity contribution in [2.75, 3.05) is 27.3 Å². The molecule has 1 aliphatic rings. The van der Waals surface area contributed by atoms with Crippen LogP contribution in [0.2, 0.25) is 5.02 Å². The molecule has 0 aromatic heterocycles. The fraction of sp³-hybridized carbons (Fsp3) is 0.367. The lowest BCUT2D eigenvalue weighted by atomic mass is 9.88. The van der Waals surface area contributed by atoms with Gasteiger partial charge in [0.15, 0.2) is 0 Å². The smallest absolute Gasteiger partial charge is 0.261 e. The maximum Gasteiger partial charge on any atom is 0.261 e. The molecule has 1 heterocycles. The normalized spacial score (nSPS) is 14.0. The number of benzene rings is 3. The third-order valence-corrected chi connectivity index (χ3v) is 7.52. The van der Waals surface area contributed by atoms with E-state index in [-0.39, 0.29) is 23.0 Å². The van der Waals surface area contributed by atoms with Crippen molar-refractivity contribution in [2.45, 2.75) is 44.9 Å². The highest BCUT2D eigenvalue weighted by Gasteiger charge is 2.32. The highest BCUT2D eigenvalue weighted by atomic mass is 35.5. The number of nitrogens with zero attached hydrogens (tertiary/aromatic N) is 1. The Hall–Kier alpha value is -3.38. The first kappa shape index (κ1) is 26.7. The molecule has 1 fully saturated rings. The van der Waals surface area contributed by atoms with Crippen molar-refractivity contribution in [3.05, 3.63) is 70.2 Å². The van der Waals surface area contributed by atoms with E-state index in [9.17, 15) is 15.0 Å². The average molecular weight is 524 g/mol. The molecular weight excluding hydrogens is 490 g/mol. The Morgan fingerprint density at radius 2 is 1.65 bits per heavy atom. The molecule has 1 saturated heterocycles. The van der Waals surface area contributed by atoms with Crippen LogP contribution in [0.5, 0.6) is 23.0 Å². The number of rotatable bonds is 8. The number of piperidine rings is 1. The van der Waals surface area contributed by atoms with E-state index in [0.717, 1.165) is 41.8 Å². The minimum absolute atomic E-state index is 0.0978. The lowest BCUT2D eigenvalue weighted by Gasteiger charge is -2.33. The number of halogens is 1. The van der Waals surface area contributed by atoms with Gasteiger partial charge in [-0.25, -0.2) is 0 Å². The predicted octanol–water partition coefficient (Wildman–Crippen LogP) is 6.80. The second kappa shape index (κ2) is 11.8. The van der Waals surface area contributed by atoms with Crippen LogP contribution in [0.1, 0.15) is 60.0 Å². The van der Waals surface area contributed by atoms with Crippen LogP contribution >= 0.6 is 11.6 Å². The fourth-order valence-corrected chi connectivity index (χ4v) is 5.51. The summed E-state index contributed by atoms with van der Waals surface area (Å²) >= 11 is 6.40. The third kappa shape index (κ3) is 5.35. The molecular formula is C30H34ClNO5. The Labute approximate surface area is 223 Å². The van der Waals surface area contributed by atoms with Crippen molar-refractivity contribution in [3.63, 3.8) is 0 Å². The number of carbonyl (C=O) groups excluding carboxylic acids is 1. The lowest BCUT2D eigenvalue weighted by molar-refractivity contribution is 0.0707. The van der Waals surface area contributed by atoms with E-state index in [1.165, 1.54) is 0 Å². The number of aromatic hydroxyl groups is 2. The Balaban J connectivity index is 1.72. The van der Waals surface area contributed by atoms with Gasteiger partial charge in [-0.05, 0) is 67.0 Å². The van der Waals surface area contributed by atoms with Gasteiger partial charge >= 0.3 is 0 Å². The van der Waals surface area contributed by atoms with Crippen molar-refractivity contribution >= 4 is 17.5 Å². The molecule has 0 aliphatic carbocycles.